The second kappa shape index (κ2) is 10.3. The molecule has 1 aromatic heterocycles. The molecule has 7 aromatic carbocycles. The van der Waals surface area contributed by atoms with Crippen molar-refractivity contribution in [2.45, 2.75) is 0 Å². The lowest BCUT2D eigenvalue weighted by Gasteiger charge is -2.25. The third-order valence-corrected chi connectivity index (χ3v) is 11.7. The molecule has 0 radical (unpaired) electrons. The third kappa shape index (κ3) is 3.97. The monoisotopic (exact) mass is 580 g/mol. The van der Waals surface area contributed by atoms with Crippen molar-refractivity contribution in [1.29, 1.82) is 5.26 Å². The quantitative estimate of drug-likeness (QED) is 0.119. The zero-order chi connectivity index (χ0) is 29.7. The van der Waals surface area contributed by atoms with Gasteiger partial charge in [-0.1, -0.05) is 133 Å². The summed E-state index contributed by atoms with van der Waals surface area (Å²) in [6, 6.07) is 52.5. The highest BCUT2D eigenvalue weighted by atomic mass is 31.2. The summed E-state index contributed by atoms with van der Waals surface area (Å²) in [5.74, 6) is 0. The molecule has 3 nitrogen and oxygen atoms in total. The molecular formula is C40H25N2OP. The molecule has 0 aliphatic rings. The van der Waals surface area contributed by atoms with E-state index in [2.05, 4.69) is 54.6 Å². The van der Waals surface area contributed by atoms with Crippen molar-refractivity contribution in [3.05, 3.63) is 157 Å². The van der Waals surface area contributed by atoms with Crippen LogP contribution in [0.4, 0.5) is 0 Å². The fraction of sp³-hybridized carbons (Fsp3) is 0. The maximum atomic E-state index is 15.9. The van der Waals surface area contributed by atoms with Crippen LogP contribution in [0.15, 0.2) is 152 Å². The predicted molar refractivity (Wildman–Crippen MR) is 184 cm³/mol. The highest BCUT2D eigenvalue weighted by Gasteiger charge is 2.34. The number of pyridine rings is 1. The van der Waals surface area contributed by atoms with E-state index >= 15 is 4.57 Å². The van der Waals surface area contributed by atoms with E-state index in [0.29, 0.717) is 5.56 Å². The third-order valence-electron chi connectivity index (χ3n) is 8.52. The Labute approximate surface area is 255 Å². The first-order valence-corrected chi connectivity index (χ1v) is 16.3. The van der Waals surface area contributed by atoms with Gasteiger partial charge < -0.3 is 4.57 Å². The van der Waals surface area contributed by atoms with E-state index in [4.69, 9.17) is 4.98 Å². The summed E-state index contributed by atoms with van der Waals surface area (Å²) in [4.78, 5) is 5.29. The lowest BCUT2D eigenvalue weighted by Crippen LogP contribution is -2.26. The summed E-state index contributed by atoms with van der Waals surface area (Å²) in [7, 11) is -3.38. The molecule has 0 bridgehead atoms. The van der Waals surface area contributed by atoms with E-state index in [1.165, 1.54) is 0 Å². The fourth-order valence-electron chi connectivity index (χ4n) is 6.52. The van der Waals surface area contributed by atoms with Crippen molar-refractivity contribution in [2.24, 2.45) is 0 Å². The van der Waals surface area contributed by atoms with Crippen LogP contribution in [0.1, 0.15) is 5.56 Å². The van der Waals surface area contributed by atoms with E-state index in [1.807, 2.05) is 103 Å². The van der Waals surface area contributed by atoms with Crippen LogP contribution in [-0.4, -0.2) is 4.98 Å². The van der Waals surface area contributed by atoms with Gasteiger partial charge in [-0.15, -0.1) is 0 Å². The number of nitriles is 1. The van der Waals surface area contributed by atoms with Crippen LogP contribution in [0.25, 0.3) is 54.5 Å². The minimum atomic E-state index is -3.38. The second-order valence-corrected chi connectivity index (χ2v) is 13.7. The van der Waals surface area contributed by atoms with Gasteiger partial charge in [0.1, 0.15) is 0 Å². The molecule has 0 aliphatic carbocycles. The van der Waals surface area contributed by atoms with Crippen molar-refractivity contribution in [1.82, 2.24) is 4.98 Å². The number of benzene rings is 7. The zero-order valence-corrected chi connectivity index (χ0v) is 24.6. The SMILES string of the molecule is N#Cc1ccc2c(P(=O)(c3ccccc3)c3ccccc3)c3ccccc3c(-c3ccc4ccc5ccccc5c4n3)c2c1. The molecule has 0 saturated carbocycles. The molecule has 0 saturated heterocycles. The first-order chi connectivity index (χ1) is 21.7. The number of hydrogen-bond acceptors (Lipinski definition) is 3. The molecule has 0 atom stereocenters. The summed E-state index contributed by atoms with van der Waals surface area (Å²) in [6.45, 7) is 0. The molecule has 0 aliphatic heterocycles. The van der Waals surface area contributed by atoms with Crippen molar-refractivity contribution in [3.63, 3.8) is 0 Å². The average Bonchev–Trinajstić information content (AvgIpc) is 3.10. The normalized spacial score (nSPS) is 11.7. The Balaban J connectivity index is 1.55. The van der Waals surface area contributed by atoms with E-state index < -0.39 is 7.14 Å². The number of fused-ring (bicyclic) bond motifs is 5. The Kier molecular flexibility index (Phi) is 6.12. The molecule has 0 spiro atoms. The number of aromatic nitrogens is 1. The summed E-state index contributed by atoms with van der Waals surface area (Å²) < 4.78 is 15.9. The smallest absolute Gasteiger partial charge is 0.172 e. The van der Waals surface area contributed by atoms with Gasteiger partial charge in [0.05, 0.1) is 22.8 Å². The van der Waals surface area contributed by atoms with Gasteiger partial charge in [-0.05, 0) is 45.1 Å². The van der Waals surface area contributed by atoms with Crippen LogP contribution in [0.3, 0.4) is 0 Å². The summed E-state index contributed by atoms with van der Waals surface area (Å²) in [5, 5.41) is 19.2. The molecule has 0 N–H and O–H groups in total. The van der Waals surface area contributed by atoms with Gasteiger partial charge in [0.15, 0.2) is 7.14 Å². The Morgan fingerprint density at radius 3 is 1.80 bits per heavy atom. The summed E-state index contributed by atoms with van der Waals surface area (Å²) >= 11 is 0. The molecule has 0 amide bonds. The van der Waals surface area contributed by atoms with Crippen LogP contribution in [0.5, 0.6) is 0 Å². The molecule has 44 heavy (non-hydrogen) atoms. The Bertz CT molecular complexity index is 2440. The van der Waals surface area contributed by atoms with Gasteiger partial charge in [-0.3, -0.25) is 0 Å². The highest BCUT2D eigenvalue weighted by Crippen LogP contribution is 2.49. The van der Waals surface area contributed by atoms with Gasteiger partial charge in [0.25, 0.3) is 0 Å². The molecule has 8 aromatic rings. The maximum Gasteiger partial charge on any atom is 0.172 e. The second-order valence-electron chi connectivity index (χ2n) is 11.0. The van der Waals surface area contributed by atoms with Crippen molar-refractivity contribution < 1.29 is 4.57 Å². The molecular weight excluding hydrogens is 555 g/mol. The molecule has 206 valence electrons. The fourth-order valence-corrected chi connectivity index (χ4v) is 9.59. The van der Waals surface area contributed by atoms with Crippen molar-refractivity contribution in [2.75, 3.05) is 0 Å². The molecule has 0 unspecified atom stereocenters. The van der Waals surface area contributed by atoms with E-state index in [0.717, 1.165) is 70.4 Å². The maximum absolute atomic E-state index is 15.9. The van der Waals surface area contributed by atoms with Gasteiger partial charge in [-0.25, -0.2) is 4.98 Å². The predicted octanol–water partition coefficient (Wildman–Crippen LogP) is 8.87. The van der Waals surface area contributed by atoms with Crippen LogP contribution in [-0.2, 0) is 4.57 Å². The van der Waals surface area contributed by atoms with Gasteiger partial charge in [-0.2, -0.15) is 5.26 Å². The number of hydrogen-bond donors (Lipinski definition) is 0. The minimum Gasteiger partial charge on any atom is -0.309 e. The first-order valence-electron chi connectivity index (χ1n) is 14.6. The molecule has 4 heteroatoms. The lowest BCUT2D eigenvalue weighted by molar-refractivity contribution is 0.593. The summed E-state index contributed by atoms with van der Waals surface area (Å²) in [6.07, 6.45) is 0. The summed E-state index contributed by atoms with van der Waals surface area (Å²) in [5.41, 5.74) is 3.21. The van der Waals surface area contributed by atoms with Crippen molar-refractivity contribution >= 4 is 66.3 Å². The highest BCUT2D eigenvalue weighted by molar-refractivity contribution is 7.86. The number of nitrogens with zero attached hydrogens (tertiary/aromatic N) is 2. The van der Waals surface area contributed by atoms with Crippen molar-refractivity contribution in [3.8, 4) is 17.3 Å². The first kappa shape index (κ1) is 26.1. The Morgan fingerprint density at radius 2 is 1.09 bits per heavy atom. The number of rotatable bonds is 4. The lowest BCUT2D eigenvalue weighted by atomic mass is 9.93. The van der Waals surface area contributed by atoms with E-state index in [1.54, 1.807) is 0 Å². The van der Waals surface area contributed by atoms with E-state index in [-0.39, 0.29) is 0 Å². The zero-order valence-electron chi connectivity index (χ0n) is 23.7. The molecule has 1 heterocycles. The minimum absolute atomic E-state index is 0.542. The van der Waals surface area contributed by atoms with Gasteiger partial charge >= 0.3 is 0 Å². The van der Waals surface area contributed by atoms with Crippen LogP contribution >= 0.6 is 7.14 Å². The van der Waals surface area contributed by atoms with Gasteiger partial charge in [0.2, 0.25) is 0 Å². The van der Waals surface area contributed by atoms with Crippen LogP contribution in [0.2, 0.25) is 0 Å². The average molecular weight is 581 g/mol. The Hall–Kier alpha value is -5.55. The standard InChI is InChI=1S/C40H25N2OP/c41-26-27-19-23-35-36(25-27)38(37-24-22-29-21-20-28-11-7-8-16-32(28)39(29)42-37)33-17-9-10-18-34(33)40(35)44(43,30-12-3-1-4-13-30)31-14-5-2-6-15-31/h1-25H. The Morgan fingerprint density at radius 1 is 0.523 bits per heavy atom. The topological polar surface area (TPSA) is 53.8 Å². The molecule has 8 rings (SSSR count). The van der Waals surface area contributed by atoms with Gasteiger partial charge in [0, 0.05) is 32.2 Å². The van der Waals surface area contributed by atoms with Crippen LogP contribution < -0.4 is 15.9 Å². The molecule has 0 fully saturated rings. The van der Waals surface area contributed by atoms with E-state index in [9.17, 15) is 5.26 Å². The van der Waals surface area contributed by atoms with Crippen LogP contribution in [0, 0.1) is 11.3 Å². The largest absolute Gasteiger partial charge is 0.309 e.